The van der Waals surface area contributed by atoms with Crippen molar-refractivity contribution in [3.8, 4) is 10.4 Å². The van der Waals surface area contributed by atoms with Crippen molar-refractivity contribution in [1.29, 1.82) is 0 Å². The summed E-state index contributed by atoms with van der Waals surface area (Å²) in [7, 11) is 2.86. The van der Waals surface area contributed by atoms with E-state index in [4.69, 9.17) is 0 Å². The fourth-order valence-corrected chi connectivity index (χ4v) is 2.51. The summed E-state index contributed by atoms with van der Waals surface area (Å²) >= 11 is 1.47. The Labute approximate surface area is 102 Å². The number of methoxy groups -OCH3 is 1. The number of carbonyl (C=O) groups is 1. The van der Waals surface area contributed by atoms with E-state index in [1.807, 2.05) is 19.1 Å². The lowest BCUT2D eigenvalue weighted by Crippen LogP contribution is -2.12. The molecule has 1 N–H and O–H groups in total. The molecule has 0 amide bonds. The molecular formula is C11H12N2O3S. The minimum absolute atomic E-state index is 0.196. The number of rotatable bonds is 2. The van der Waals surface area contributed by atoms with Gasteiger partial charge in [-0.25, -0.2) is 4.79 Å². The number of H-pyrrole nitrogens is 1. The van der Waals surface area contributed by atoms with Crippen LogP contribution < -0.4 is 5.56 Å². The Balaban J connectivity index is 2.67. The molecule has 2 aromatic heterocycles. The van der Waals surface area contributed by atoms with Crippen LogP contribution in [0.2, 0.25) is 0 Å². The van der Waals surface area contributed by atoms with Gasteiger partial charge in [0.25, 0.3) is 5.56 Å². The summed E-state index contributed by atoms with van der Waals surface area (Å²) in [6.45, 7) is 1.95. The monoisotopic (exact) mass is 252 g/mol. The molecule has 6 heteroatoms. The van der Waals surface area contributed by atoms with Gasteiger partial charge in [-0.3, -0.25) is 14.6 Å². The van der Waals surface area contributed by atoms with Crippen LogP contribution in [0.3, 0.4) is 0 Å². The van der Waals surface area contributed by atoms with Crippen molar-refractivity contribution in [2.24, 2.45) is 7.05 Å². The van der Waals surface area contributed by atoms with Gasteiger partial charge >= 0.3 is 5.97 Å². The highest BCUT2D eigenvalue weighted by atomic mass is 32.1. The van der Waals surface area contributed by atoms with Crippen molar-refractivity contribution >= 4 is 17.3 Å². The van der Waals surface area contributed by atoms with Crippen molar-refractivity contribution in [3.63, 3.8) is 0 Å². The molecule has 0 aromatic carbocycles. The van der Waals surface area contributed by atoms with E-state index in [1.165, 1.54) is 23.1 Å². The van der Waals surface area contributed by atoms with E-state index >= 15 is 0 Å². The van der Waals surface area contributed by atoms with E-state index in [9.17, 15) is 9.59 Å². The van der Waals surface area contributed by atoms with Crippen molar-refractivity contribution in [3.05, 3.63) is 33.1 Å². The summed E-state index contributed by atoms with van der Waals surface area (Å²) in [5, 5.41) is 2.71. The van der Waals surface area contributed by atoms with Crippen molar-refractivity contribution < 1.29 is 9.53 Å². The number of thiophene rings is 1. The summed E-state index contributed by atoms with van der Waals surface area (Å²) in [5.74, 6) is -0.538. The maximum absolute atomic E-state index is 12.0. The lowest BCUT2D eigenvalue weighted by Gasteiger charge is -1.97. The fraction of sp³-hybridized carbons (Fsp3) is 0.273. The standard InChI is InChI=1S/C11H12N2O3S/c1-6-4-5-7(17-6)8-9(11(15)16-3)12-13(2)10(8)14/h4-5,12H,1-3H3. The van der Waals surface area contributed by atoms with Crippen LogP contribution in [0.5, 0.6) is 0 Å². The number of hydrogen-bond acceptors (Lipinski definition) is 4. The summed E-state index contributed by atoms with van der Waals surface area (Å²) in [5.41, 5.74) is 0.339. The predicted octanol–water partition coefficient (Wildman–Crippen LogP) is 1.54. The number of aromatic amines is 1. The molecule has 0 aliphatic rings. The molecule has 0 unspecified atom stereocenters. The number of esters is 1. The van der Waals surface area contributed by atoms with Crippen LogP contribution in [0, 0.1) is 6.92 Å². The molecule has 0 saturated heterocycles. The molecule has 90 valence electrons. The highest BCUT2D eigenvalue weighted by Gasteiger charge is 2.21. The third-order valence-corrected chi connectivity index (χ3v) is 3.44. The normalized spacial score (nSPS) is 10.5. The van der Waals surface area contributed by atoms with Crippen molar-refractivity contribution in [1.82, 2.24) is 9.78 Å². The average molecular weight is 252 g/mol. The SMILES string of the molecule is COC(=O)c1[nH]n(C)c(=O)c1-c1ccc(C)s1. The molecule has 5 nitrogen and oxygen atoms in total. The molecule has 0 radical (unpaired) electrons. The van der Waals surface area contributed by atoms with Gasteiger partial charge in [-0.05, 0) is 19.1 Å². The second-order valence-electron chi connectivity index (χ2n) is 3.63. The number of nitrogens with zero attached hydrogens (tertiary/aromatic N) is 1. The maximum atomic E-state index is 12.0. The first-order valence-electron chi connectivity index (χ1n) is 4.98. The van der Waals surface area contributed by atoms with Gasteiger partial charge in [-0.1, -0.05) is 0 Å². The van der Waals surface area contributed by atoms with E-state index in [0.717, 1.165) is 9.75 Å². The number of hydrogen-bond donors (Lipinski definition) is 1. The van der Waals surface area contributed by atoms with Crippen LogP contribution in [0.25, 0.3) is 10.4 Å². The van der Waals surface area contributed by atoms with Crippen LogP contribution in [0.15, 0.2) is 16.9 Å². The van der Waals surface area contributed by atoms with E-state index in [0.29, 0.717) is 5.56 Å². The van der Waals surface area contributed by atoms with Gasteiger partial charge in [0, 0.05) is 16.8 Å². The van der Waals surface area contributed by atoms with Crippen LogP contribution in [0.1, 0.15) is 15.4 Å². The van der Waals surface area contributed by atoms with Gasteiger partial charge in [0.05, 0.1) is 12.7 Å². The highest BCUT2D eigenvalue weighted by molar-refractivity contribution is 7.15. The van der Waals surface area contributed by atoms with Crippen LogP contribution in [-0.2, 0) is 11.8 Å². The molecule has 0 spiro atoms. The summed E-state index contributed by atoms with van der Waals surface area (Å²) in [4.78, 5) is 25.4. The Hall–Kier alpha value is -1.82. The maximum Gasteiger partial charge on any atom is 0.356 e. The van der Waals surface area contributed by atoms with Crippen LogP contribution >= 0.6 is 11.3 Å². The summed E-state index contributed by atoms with van der Waals surface area (Å²) in [6, 6.07) is 3.74. The molecule has 17 heavy (non-hydrogen) atoms. The molecule has 0 saturated carbocycles. The Bertz CT molecular complexity index is 621. The first kappa shape index (κ1) is 11.7. The van der Waals surface area contributed by atoms with Crippen molar-refractivity contribution in [2.45, 2.75) is 6.92 Å². The van der Waals surface area contributed by atoms with Gasteiger partial charge in [-0.15, -0.1) is 11.3 Å². The second kappa shape index (κ2) is 4.21. The molecule has 2 rings (SSSR count). The van der Waals surface area contributed by atoms with Gasteiger partial charge in [-0.2, -0.15) is 0 Å². The van der Waals surface area contributed by atoms with Crippen LogP contribution in [-0.4, -0.2) is 22.9 Å². The zero-order chi connectivity index (χ0) is 12.6. The van der Waals surface area contributed by atoms with Gasteiger partial charge < -0.3 is 4.74 Å². The molecule has 0 fully saturated rings. The molecule has 0 bridgehead atoms. The number of nitrogens with one attached hydrogen (secondary N) is 1. The Morgan fingerprint density at radius 3 is 2.71 bits per heavy atom. The number of aromatic nitrogens is 2. The minimum Gasteiger partial charge on any atom is -0.464 e. The smallest absolute Gasteiger partial charge is 0.356 e. The fourth-order valence-electron chi connectivity index (χ4n) is 1.60. The lowest BCUT2D eigenvalue weighted by molar-refractivity contribution is 0.0594. The Morgan fingerprint density at radius 1 is 1.47 bits per heavy atom. The molecule has 2 heterocycles. The predicted molar refractivity (Wildman–Crippen MR) is 65.4 cm³/mol. The van der Waals surface area contributed by atoms with E-state index < -0.39 is 5.97 Å². The lowest BCUT2D eigenvalue weighted by atomic mass is 10.2. The summed E-state index contributed by atoms with van der Waals surface area (Å²) < 4.78 is 5.93. The number of ether oxygens (including phenoxy) is 1. The Morgan fingerprint density at radius 2 is 2.18 bits per heavy atom. The first-order chi connectivity index (χ1) is 8.04. The van der Waals surface area contributed by atoms with Gasteiger partial charge in [0.15, 0.2) is 5.69 Å². The molecule has 0 aliphatic heterocycles. The van der Waals surface area contributed by atoms with E-state index in [1.54, 1.807) is 7.05 Å². The van der Waals surface area contributed by atoms with Gasteiger partial charge in [0.1, 0.15) is 0 Å². The third kappa shape index (κ3) is 1.91. The third-order valence-electron chi connectivity index (χ3n) is 2.42. The van der Waals surface area contributed by atoms with E-state index in [2.05, 4.69) is 9.84 Å². The topological polar surface area (TPSA) is 64.1 Å². The van der Waals surface area contributed by atoms with Crippen LogP contribution in [0.4, 0.5) is 0 Å². The van der Waals surface area contributed by atoms with Gasteiger partial charge in [0.2, 0.25) is 0 Å². The molecule has 2 aromatic rings. The minimum atomic E-state index is -0.538. The largest absolute Gasteiger partial charge is 0.464 e. The Kier molecular flexibility index (Phi) is 2.89. The number of aryl methyl sites for hydroxylation is 2. The highest BCUT2D eigenvalue weighted by Crippen LogP contribution is 2.27. The van der Waals surface area contributed by atoms with Crippen molar-refractivity contribution in [2.75, 3.05) is 7.11 Å². The van der Waals surface area contributed by atoms with E-state index in [-0.39, 0.29) is 11.3 Å². The average Bonchev–Trinajstić information content (AvgIpc) is 2.84. The molecule has 0 atom stereocenters. The zero-order valence-corrected chi connectivity index (χ0v) is 10.6. The molecule has 0 aliphatic carbocycles. The zero-order valence-electron chi connectivity index (χ0n) is 9.73. The molecular weight excluding hydrogens is 240 g/mol. The number of carbonyl (C=O) groups excluding carboxylic acids is 1. The first-order valence-corrected chi connectivity index (χ1v) is 5.80. The second-order valence-corrected chi connectivity index (χ2v) is 4.92. The summed E-state index contributed by atoms with van der Waals surface area (Å²) in [6.07, 6.45) is 0. The quantitative estimate of drug-likeness (QED) is 0.824.